The van der Waals surface area contributed by atoms with E-state index < -0.39 is 0 Å². The normalized spacial score (nSPS) is 15.1. The smallest absolute Gasteiger partial charge is 0.210 e. The van der Waals surface area contributed by atoms with Crippen molar-refractivity contribution in [2.24, 2.45) is 0 Å². The maximum Gasteiger partial charge on any atom is 0.210 e. The average Bonchev–Trinajstić information content (AvgIpc) is 2.97. The molecule has 2 aromatic rings. The summed E-state index contributed by atoms with van der Waals surface area (Å²) < 4.78 is 1.98. The zero-order chi connectivity index (χ0) is 13.2. The lowest BCUT2D eigenvalue weighted by Crippen LogP contribution is -2.18. The maximum atomic E-state index is 4.62. The Kier molecular flexibility index (Phi) is 3.66. The van der Waals surface area contributed by atoms with Crippen LogP contribution in [0.1, 0.15) is 36.2 Å². The highest BCUT2D eigenvalue weighted by Gasteiger charge is 2.20. The lowest BCUT2D eigenvalue weighted by atomic mass is 10.1. The van der Waals surface area contributed by atoms with Crippen molar-refractivity contribution in [2.45, 2.75) is 45.6 Å². The van der Waals surface area contributed by atoms with Crippen molar-refractivity contribution in [3.63, 3.8) is 0 Å². The summed E-state index contributed by atoms with van der Waals surface area (Å²) in [7, 11) is 0. The Morgan fingerprint density at radius 2 is 2.26 bits per heavy atom. The number of hydrogen-bond acceptors (Lipinski definition) is 4. The third-order valence-electron chi connectivity index (χ3n) is 3.66. The van der Waals surface area contributed by atoms with Crippen molar-refractivity contribution in [3.8, 4) is 5.13 Å². The second kappa shape index (κ2) is 5.43. The zero-order valence-corrected chi connectivity index (χ0v) is 12.3. The zero-order valence-electron chi connectivity index (χ0n) is 11.5. The largest absolute Gasteiger partial charge is 0.314 e. The van der Waals surface area contributed by atoms with Gasteiger partial charge in [0.25, 0.3) is 0 Å². The van der Waals surface area contributed by atoms with E-state index in [1.807, 2.05) is 16.3 Å². The fourth-order valence-electron chi connectivity index (χ4n) is 2.40. The van der Waals surface area contributed by atoms with Crippen LogP contribution in [0.2, 0.25) is 0 Å². The third-order valence-corrected chi connectivity index (χ3v) is 4.40. The highest BCUT2D eigenvalue weighted by molar-refractivity contribution is 7.12. The Hall–Kier alpha value is -1.20. The molecular formula is C14H20N4S. The molecule has 0 unspecified atom stereocenters. The minimum Gasteiger partial charge on any atom is -0.314 e. The molecule has 19 heavy (non-hydrogen) atoms. The van der Waals surface area contributed by atoms with E-state index in [1.165, 1.54) is 30.5 Å². The molecule has 102 valence electrons. The van der Waals surface area contributed by atoms with E-state index in [0.29, 0.717) is 0 Å². The Balaban J connectivity index is 1.66. The molecule has 0 aromatic carbocycles. The molecular weight excluding hydrogens is 256 g/mol. The molecule has 1 aliphatic rings. The van der Waals surface area contributed by atoms with Crippen LogP contribution in [0.15, 0.2) is 11.6 Å². The van der Waals surface area contributed by atoms with Gasteiger partial charge in [0.05, 0.1) is 5.69 Å². The molecule has 0 atom stereocenters. The van der Waals surface area contributed by atoms with E-state index in [4.69, 9.17) is 0 Å². The molecule has 4 nitrogen and oxygen atoms in total. The highest BCUT2D eigenvalue weighted by Crippen LogP contribution is 2.21. The van der Waals surface area contributed by atoms with Gasteiger partial charge in [-0.1, -0.05) is 0 Å². The van der Waals surface area contributed by atoms with Gasteiger partial charge in [-0.05, 0) is 51.6 Å². The van der Waals surface area contributed by atoms with Crippen LogP contribution in [-0.2, 0) is 6.42 Å². The van der Waals surface area contributed by atoms with Gasteiger partial charge in [-0.15, -0.1) is 11.3 Å². The highest BCUT2D eigenvalue weighted by atomic mass is 32.1. The molecule has 1 fully saturated rings. The van der Waals surface area contributed by atoms with Gasteiger partial charge < -0.3 is 5.32 Å². The summed E-state index contributed by atoms with van der Waals surface area (Å²) in [6, 6.07) is 0.806. The van der Waals surface area contributed by atoms with Crippen LogP contribution >= 0.6 is 11.3 Å². The Morgan fingerprint density at radius 3 is 2.95 bits per heavy atom. The van der Waals surface area contributed by atoms with Gasteiger partial charge in [-0.25, -0.2) is 9.67 Å². The van der Waals surface area contributed by atoms with Crippen LogP contribution in [0.3, 0.4) is 0 Å². The molecule has 5 heteroatoms. The topological polar surface area (TPSA) is 42.7 Å². The van der Waals surface area contributed by atoms with Gasteiger partial charge in [-0.2, -0.15) is 5.10 Å². The minimum atomic E-state index is 0.806. The van der Waals surface area contributed by atoms with Gasteiger partial charge in [0.15, 0.2) is 0 Å². The standard InChI is InChI=1S/C14H20N4S/c1-10-13(4-3-7-15-12-5-6-12)11(2)18(17-10)14-16-8-9-19-14/h8-9,12,15H,3-7H2,1-2H3. The molecule has 0 radical (unpaired) electrons. The summed E-state index contributed by atoms with van der Waals surface area (Å²) in [6.45, 7) is 5.36. The second-order valence-corrected chi connectivity index (χ2v) is 6.08. The molecule has 2 aromatic heterocycles. The van der Waals surface area contributed by atoms with E-state index in [-0.39, 0.29) is 0 Å². The van der Waals surface area contributed by atoms with Crippen molar-refractivity contribution < 1.29 is 0 Å². The van der Waals surface area contributed by atoms with Crippen LogP contribution in [0.5, 0.6) is 0 Å². The summed E-state index contributed by atoms with van der Waals surface area (Å²) >= 11 is 1.63. The van der Waals surface area contributed by atoms with E-state index in [2.05, 4.69) is 29.2 Å². The van der Waals surface area contributed by atoms with Crippen molar-refractivity contribution in [1.29, 1.82) is 0 Å². The number of aryl methyl sites for hydroxylation is 1. The molecule has 1 N–H and O–H groups in total. The van der Waals surface area contributed by atoms with E-state index in [1.54, 1.807) is 11.3 Å². The van der Waals surface area contributed by atoms with Gasteiger partial charge in [0, 0.05) is 23.3 Å². The molecule has 1 saturated carbocycles. The molecule has 0 bridgehead atoms. The summed E-state index contributed by atoms with van der Waals surface area (Å²) in [5, 5.41) is 11.1. The van der Waals surface area contributed by atoms with Crippen LogP contribution in [0.25, 0.3) is 5.13 Å². The number of rotatable bonds is 6. The van der Waals surface area contributed by atoms with Gasteiger partial charge in [0.1, 0.15) is 0 Å². The molecule has 0 saturated heterocycles. The first-order valence-electron chi connectivity index (χ1n) is 6.94. The van der Waals surface area contributed by atoms with Crippen LogP contribution in [0.4, 0.5) is 0 Å². The number of aromatic nitrogens is 3. The first-order chi connectivity index (χ1) is 9.25. The van der Waals surface area contributed by atoms with Gasteiger partial charge in [-0.3, -0.25) is 0 Å². The quantitative estimate of drug-likeness (QED) is 0.825. The molecule has 3 rings (SSSR count). The fourth-order valence-corrected chi connectivity index (χ4v) is 3.05. The van der Waals surface area contributed by atoms with Crippen molar-refractivity contribution in [3.05, 3.63) is 28.5 Å². The van der Waals surface area contributed by atoms with Gasteiger partial charge in [0.2, 0.25) is 5.13 Å². The summed E-state index contributed by atoms with van der Waals surface area (Å²) in [4.78, 5) is 4.34. The maximum absolute atomic E-state index is 4.62. The SMILES string of the molecule is Cc1nn(-c2nccs2)c(C)c1CCCNC1CC1. The fraction of sp³-hybridized carbons (Fsp3) is 0.571. The monoisotopic (exact) mass is 276 g/mol. The lowest BCUT2D eigenvalue weighted by Gasteiger charge is -2.04. The molecule has 0 spiro atoms. The van der Waals surface area contributed by atoms with Crippen LogP contribution in [0, 0.1) is 13.8 Å². The number of nitrogens with one attached hydrogen (secondary N) is 1. The number of hydrogen-bond donors (Lipinski definition) is 1. The molecule has 1 aliphatic carbocycles. The predicted molar refractivity (Wildman–Crippen MR) is 78.1 cm³/mol. The van der Waals surface area contributed by atoms with Crippen molar-refractivity contribution in [2.75, 3.05) is 6.54 Å². The average molecular weight is 276 g/mol. The third kappa shape index (κ3) is 2.87. The predicted octanol–water partition coefficient (Wildman–Crippen LogP) is 2.63. The van der Waals surface area contributed by atoms with Crippen LogP contribution in [-0.4, -0.2) is 27.4 Å². The Labute approximate surface area is 117 Å². The molecule has 0 amide bonds. The van der Waals surface area contributed by atoms with Gasteiger partial charge >= 0.3 is 0 Å². The first-order valence-corrected chi connectivity index (χ1v) is 7.82. The second-order valence-electron chi connectivity index (χ2n) is 5.21. The lowest BCUT2D eigenvalue weighted by molar-refractivity contribution is 0.644. The van der Waals surface area contributed by atoms with E-state index >= 15 is 0 Å². The van der Waals surface area contributed by atoms with E-state index in [0.717, 1.165) is 29.8 Å². The Bertz CT molecular complexity index is 540. The summed E-state index contributed by atoms with van der Waals surface area (Å²) in [5.41, 5.74) is 3.76. The van der Waals surface area contributed by atoms with Crippen LogP contribution < -0.4 is 5.32 Å². The van der Waals surface area contributed by atoms with Crippen molar-refractivity contribution >= 4 is 11.3 Å². The first kappa shape index (κ1) is 12.8. The number of thiazole rings is 1. The molecule has 0 aliphatic heterocycles. The summed E-state index contributed by atoms with van der Waals surface area (Å²) in [6.07, 6.45) is 6.83. The Morgan fingerprint density at radius 1 is 1.42 bits per heavy atom. The van der Waals surface area contributed by atoms with E-state index in [9.17, 15) is 0 Å². The summed E-state index contributed by atoms with van der Waals surface area (Å²) in [5.74, 6) is 0. The number of nitrogens with zero attached hydrogens (tertiary/aromatic N) is 3. The minimum absolute atomic E-state index is 0.806. The molecule has 2 heterocycles. The van der Waals surface area contributed by atoms with Crippen molar-refractivity contribution in [1.82, 2.24) is 20.1 Å².